The van der Waals surface area contributed by atoms with Crippen molar-refractivity contribution in [3.63, 3.8) is 0 Å². The lowest BCUT2D eigenvalue weighted by Gasteiger charge is -2.27. The largest absolute Gasteiger partial charge is 0.469 e. The standard InChI is InChI=1S/C12H14FNO4/c1-3-12(17,6-10(16)18-2)9-4-5-14-11(13)8(9)7-15/h4-5,7,17H,3,6H2,1-2H3. The Morgan fingerprint density at radius 1 is 1.67 bits per heavy atom. The second-order valence-corrected chi connectivity index (χ2v) is 3.82. The molecule has 0 amide bonds. The summed E-state index contributed by atoms with van der Waals surface area (Å²) in [6, 6.07) is 1.32. The molecule has 1 heterocycles. The van der Waals surface area contributed by atoms with Crippen LogP contribution in [0.5, 0.6) is 0 Å². The zero-order chi connectivity index (χ0) is 13.8. The van der Waals surface area contributed by atoms with Crippen molar-refractivity contribution in [2.45, 2.75) is 25.4 Å². The molecule has 0 aromatic carbocycles. The number of pyridine rings is 1. The summed E-state index contributed by atoms with van der Waals surface area (Å²) < 4.78 is 17.8. The average Bonchev–Trinajstić information content (AvgIpc) is 2.38. The van der Waals surface area contributed by atoms with E-state index in [0.717, 1.165) is 6.20 Å². The molecular formula is C12H14FNO4. The van der Waals surface area contributed by atoms with Crippen LogP contribution in [0.4, 0.5) is 4.39 Å². The maximum atomic E-state index is 13.4. The number of aromatic nitrogens is 1. The van der Waals surface area contributed by atoms with Crippen molar-refractivity contribution in [3.05, 3.63) is 29.3 Å². The van der Waals surface area contributed by atoms with Crippen molar-refractivity contribution in [1.29, 1.82) is 0 Å². The molecule has 5 nitrogen and oxygen atoms in total. The van der Waals surface area contributed by atoms with Gasteiger partial charge < -0.3 is 9.84 Å². The maximum Gasteiger partial charge on any atom is 0.308 e. The van der Waals surface area contributed by atoms with Crippen molar-refractivity contribution < 1.29 is 23.8 Å². The topological polar surface area (TPSA) is 76.5 Å². The Bertz CT molecular complexity index is 463. The molecule has 0 fully saturated rings. The van der Waals surface area contributed by atoms with Gasteiger partial charge in [0, 0.05) is 11.8 Å². The zero-order valence-electron chi connectivity index (χ0n) is 10.1. The monoisotopic (exact) mass is 255 g/mol. The first kappa shape index (κ1) is 14.2. The third kappa shape index (κ3) is 2.70. The van der Waals surface area contributed by atoms with Gasteiger partial charge in [-0.1, -0.05) is 6.92 Å². The summed E-state index contributed by atoms with van der Waals surface area (Å²) in [6.45, 7) is 1.62. The van der Waals surface area contributed by atoms with E-state index in [1.54, 1.807) is 6.92 Å². The van der Waals surface area contributed by atoms with Gasteiger partial charge >= 0.3 is 5.97 Å². The Hall–Kier alpha value is -1.82. The number of methoxy groups -OCH3 is 1. The lowest BCUT2D eigenvalue weighted by Crippen LogP contribution is -2.30. The molecule has 0 bridgehead atoms. The normalized spacial score (nSPS) is 13.8. The fraction of sp³-hybridized carbons (Fsp3) is 0.417. The Balaban J connectivity index is 3.27. The van der Waals surface area contributed by atoms with Crippen molar-refractivity contribution >= 4 is 12.3 Å². The molecule has 0 saturated heterocycles. The van der Waals surface area contributed by atoms with Gasteiger partial charge in [-0.25, -0.2) is 4.98 Å². The van der Waals surface area contributed by atoms with Gasteiger partial charge in [0.05, 0.1) is 19.1 Å². The highest BCUT2D eigenvalue weighted by Gasteiger charge is 2.34. The molecule has 0 aliphatic heterocycles. The molecular weight excluding hydrogens is 241 g/mol. The highest BCUT2D eigenvalue weighted by molar-refractivity contribution is 5.79. The highest BCUT2D eigenvalue weighted by Crippen LogP contribution is 2.31. The minimum atomic E-state index is -1.65. The fourth-order valence-corrected chi connectivity index (χ4v) is 1.69. The van der Waals surface area contributed by atoms with E-state index in [-0.39, 0.29) is 30.3 Å². The summed E-state index contributed by atoms with van der Waals surface area (Å²) in [6.07, 6.45) is 1.18. The van der Waals surface area contributed by atoms with Gasteiger partial charge in [0.25, 0.3) is 0 Å². The molecule has 6 heteroatoms. The summed E-state index contributed by atoms with van der Waals surface area (Å²) in [7, 11) is 1.19. The molecule has 0 radical (unpaired) electrons. The molecule has 1 aromatic heterocycles. The summed E-state index contributed by atoms with van der Waals surface area (Å²) in [5, 5.41) is 10.4. The van der Waals surface area contributed by atoms with Crippen molar-refractivity contribution in [2.24, 2.45) is 0 Å². The smallest absolute Gasteiger partial charge is 0.308 e. The van der Waals surface area contributed by atoms with Crippen LogP contribution in [0.3, 0.4) is 0 Å². The van der Waals surface area contributed by atoms with Gasteiger partial charge in [-0.3, -0.25) is 9.59 Å². The molecule has 1 unspecified atom stereocenters. The molecule has 18 heavy (non-hydrogen) atoms. The molecule has 1 rings (SSSR count). The van der Waals surface area contributed by atoms with Gasteiger partial charge in [-0.05, 0) is 12.5 Å². The fourth-order valence-electron chi connectivity index (χ4n) is 1.69. The van der Waals surface area contributed by atoms with Gasteiger partial charge in [0.1, 0.15) is 5.60 Å². The van der Waals surface area contributed by atoms with Crippen LogP contribution in [-0.2, 0) is 15.1 Å². The number of ether oxygens (including phenoxy) is 1. The molecule has 98 valence electrons. The van der Waals surface area contributed by atoms with Crippen molar-refractivity contribution in [2.75, 3.05) is 7.11 Å². The Kier molecular flexibility index (Phi) is 4.49. The number of rotatable bonds is 5. The minimum absolute atomic E-state index is 0.0397. The molecule has 1 N–H and O–H groups in total. The van der Waals surface area contributed by atoms with E-state index in [4.69, 9.17) is 0 Å². The molecule has 1 atom stereocenters. The number of hydrogen-bond donors (Lipinski definition) is 1. The predicted octanol–water partition coefficient (Wildman–Crippen LogP) is 1.19. The number of aliphatic hydroxyl groups is 1. The number of aldehydes is 1. The summed E-state index contributed by atoms with van der Waals surface area (Å²) >= 11 is 0. The summed E-state index contributed by atoms with van der Waals surface area (Å²) in [5.41, 5.74) is -1.95. The van der Waals surface area contributed by atoms with Crippen LogP contribution in [0.1, 0.15) is 35.7 Å². The van der Waals surface area contributed by atoms with Crippen LogP contribution in [0, 0.1) is 5.95 Å². The number of halogens is 1. The Morgan fingerprint density at radius 2 is 2.33 bits per heavy atom. The first-order chi connectivity index (χ1) is 8.48. The van der Waals surface area contributed by atoms with Gasteiger partial charge in [-0.15, -0.1) is 0 Å². The van der Waals surface area contributed by atoms with E-state index in [1.165, 1.54) is 13.2 Å². The SMILES string of the molecule is CCC(O)(CC(=O)OC)c1ccnc(F)c1C=O. The number of hydrogen-bond acceptors (Lipinski definition) is 5. The van der Waals surface area contributed by atoms with Gasteiger partial charge in [0.2, 0.25) is 5.95 Å². The minimum Gasteiger partial charge on any atom is -0.469 e. The molecule has 0 aliphatic carbocycles. The van der Waals surface area contributed by atoms with Crippen molar-refractivity contribution in [3.8, 4) is 0 Å². The average molecular weight is 255 g/mol. The third-order valence-electron chi connectivity index (χ3n) is 2.81. The lowest BCUT2D eigenvalue weighted by molar-refractivity contribution is -0.146. The number of esters is 1. The number of carbonyl (C=O) groups is 2. The molecule has 0 saturated carbocycles. The third-order valence-corrected chi connectivity index (χ3v) is 2.81. The molecule has 1 aromatic rings. The van der Waals surface area contributed by atoms with Crippen LogP contribution < -0.4 is 0 Å². The van der Waals surface area contributed by atoms with Crippen LogP contribution in [-0.4, -0.2) is 29.5 Å². The van der Waals surface area contributed by atoms with Crippen molar-refractivity contribution in [1.82, 2.24) is 4.98 Å². The Labute approximate surface area is 104 Å². The van der Waals surface area contributed by atoms with Crippen LogP contribution in [0.25, 0.3) is 0 Å². The first-order valence-electron chi connectivity index (χ1n) is 5.38. The summed E-state index contributed by atoms with van der Waals surface area (Å²) in [4.78, 5) is 25.5. The van der Waals surface area contributed by atoms with Crippen LogP contribution in [0.2, 0.25) is 0 Å². The molecule has 0 aliphatic rings. The second kappa shape index (κ2) is 5.68. The van der Waals surface area contributed by atoms with Crippen LogP contribution in [0.15, 0.2) is 12.3 Å². The van der Waals surface area contributed by atoms with E-state index in [2.05, 4.69) is 9.72 Å². The van der Waals surface area contributed by atoms with E-state index in [0.29, 0.717) is 0 Å². The van der Waals surface area contributed by atoms with E-state index in [9.17, 15) is 19.1 Å². The van der Waals surface area contributed by atoms with E-state index in [1.807, 2.05) is 0 Å². The summed E-state index contributed by atoms with van der Waals surface area (Å²) in [5.74, 6) is -1.62. The highest BCUT2D eigenvalue weighted by atomic mass is 19.1. The van der Waals surface area contributed by atoms with E-state index < -0.39 is 17.5 Å². The Morgan fingerprint density at radius 3 is 2.83 bits per heavy atom. The predicted molar refractivity (Wildman–Crippen MR) is 60.4 cm³/mol. The molecule has 0 spiro atoms. The van der Waals surface area contributed by atoms with Gasteiger partial charge in [0.15, 0.2) is 6.29 Å². The second-order valence-electron chi connectivity index (χ2n) is 3.82. The number of nitrogens with zero attached hydrogens (tertiary/aromatic N) is 1. The lowest BCUT2D eigenvalue weighted by atomic mass is 9.86. The quantitative estimate of drug-likeness (QED) is 0.486. The maximum absolute atomic E-state index is 13.4. The van der Waals surface area contributed by atoms with Crippen LogP contribution >= 0.6 is 0 Å². The van der Waals surface area contributed by atoms with E-state index >= 15 is 0 Å². The van der Waals surface area contributed by atoms with Gasteiger partial charge in [-0.2, -0.15) is 4.39 Å². The zero-order valence-corrected chi connectivity index (χ0v) is 10.1. The first-order valence-corrected chi connectivity index (χ1v) is 5.38. The number of carbonyl (C=O) groups excluding carboxylic acids is 2.